The summed E-state index contributed by atoms with van der Waals surface area (Å²) in [6.07, 6.45) is 0.895. The van der Waals surface area contributed by atoms with E-state index in [4.69, 9.17) is 4.74 Å². The largest absolute Gasteiger partial charge is 0.381 e. The molecule has 0 aromatic carbocycles. The van der Waals surface area contributed by atoms with Gasteiger partial charge in [0, 0.05) is 39.2 Å². The van der Waals surface area contributed by atoms with Crippen LogP contribution >= 0.6 is 0 Å². The monoisotopic (exact) mass is 198 g/mol. The Morgan fingerprint density at radius 3 is 2.86 bits per heavy atom. The van der Waals surface area contributed by atoms with Crippen molar-refractivity contribution in [1.82, 2.24) is 10.2 Å². The first kappa shape index (κ1) is 9.93. The Kier molecular flexibility index (Phi) is 3.03. The fourth-order valence-corrected chi connectivity index (χ4v) is 2.00. The van der Waals surface area contributed by atoms with E-state index in [0.717, 1.165) is 32.7 Å². The van der Waals surface area contributed by atoms with Crippen molar-refractivity contribution in [1.29, 1.82) is 0 Å². The van der Waals surface area contributed by atoms with E-state index >= 15 is 0 Å². The summed E-state index contributed by atoms with van der Waals surface area (Å²) in [7, 11) is 1.90. The van der Waals surface area contributed by atoms with Crippen LogP contribution in [0.5, 0.6) is 0 Å². The summed E-state index contributed by atoms with van der Waals surface area (Å²) in [6, 6.07) is 0. The van der Waals surface area contributed by atoms with Crippen molar-refractivity contribution in [3.05, 3.63) is 0 Å². The predicted molar refractivity (Wildman–Crippen MR) is 52.9 cm³/mol. The van der Waals surface area contributed by atoms with Crippen LogP contribution in [-0.4, -0.2) is 50.7 Å². The predicted octanol–water partition coefficient (Wildman–Crippen LogP) is -0.299. The topological polar surface area (TPSA) is 41.6 Å². The van der Waals surface area contributed by atoms with Gasteiger partial charge in [-0.1, -0.05) is 0 Å². The van der Waals surface area contributed by atoms with Crippen molar-refractivity contribution in [2.45, 2.75) is 6.42 Å². The van der Waals surface area contributed by atoms with E-state index in [1.807, 2.05) is 11.9 Å². The second-order valence-electron chi connectivity index (χ2n) is 4.30. The lowest BCUT2D eigenvalue weighted by molar-refractivity contribution is -0.134. The summed E-state index contributed by atoms with van der Waals surface area (Å²) in [4.78, 5) is 13.7. The van der Waals surface area contributed by atoms with Gasteiger partial charge in [0.15, 0.2) is 0 Å². The summed E-state index contributed by atoms with van der Waals surface area (Å²) in [5, 5.41) is 3.21. The van der Waals surface area contributed by atoms with E-state index in [1.54, 1.807) is 0 Å². The summed E-state index contributed by atoms with van der Waals surface area (Å²) >= 11 is 0. The van der Waals surface area contributed by atoms with Crippen molar-refractivity contribution in [3.8, 4) is 0 Å². The van der Waals surface area contributed by atoms with Crippen LogP contribution in [0.4, 0.5) is 0 Å². The zero-order valence-corrected chi connectivity index (χ0v) is 8.66. The van der Waals surface area contributed by atoms with Gasteiger partial charge in [-0.15, -0.1) is 0 Å². The Morgan fingerprint density at radius 2 is 2.36 bits per heavy atom. The minimum absolute atomic E-state index is 0.119. The van der Waals surface area contributed by atoms with Crippen molar-refractivity contribution in [2.75, 3.05) is 39.9 Å². The van der Waals surface area contributed by atoms with E-state index in [-0.39, 0.29) is 11.8 Å². The van der Waals surface area contributed by atoms with Crippen molar-refractivity contribution in [2.24, 2.45) is 11.8 Å². The molecule has 4 nitrogen and oxygen atoms in total. The third kappa shape index (κ3) is 2.07. The molecule has 1 N–H and O–H groups in total. The lowest BCUT2D eigenvalue weighted by atomic mass is 10.0. The molecule has 0 aromatic heterocycles. The number of carbonyl (C=O) groups is 1. The van der Waals surface area contributed by atoms with Crippen LogP contribution in [0.2, 0.25) is 0 Å². The molecule has 2 fully saturated rings. The van der Waals surface area contributed by atoms with Crippen LogP contribution in [0, 0.1) is 11.8 Å². The zero-order valence-electron chi connectivity index (χ0n) is 8.66. The number of ether oxygens (including phenoxy) is 1. The molecular formula is C10H18N2O2. The van der Waals surface area contributed by atoms with Crippen LogP contribution in [0.15, 0.2) is 0 Å². The van der Waals surface area contributed by atoms with Gasteiger partial charge in [-0.05, 0) is 6.42 Å². The Labute approximate surface area is 84.6 Å². The molecule has 1 amide bonds. The second-order valence-corrected chi connectivity index (χ2v) is 4.30. The van der Waals surface area contributed by atoms with E-state index in [0.29, 0.717) is 12.5 Å². The molecular weight excluding hydrogens is 180 g/mol. The number of hydrogen-bond acceptors (Lipinski definition) is 3. The Balaban J connectivity index is 1.77. The number of carbonyl (C=O) groups excluding carboxylic acids is 1. The van der Waals surface area contributed by atoms with Crippen molar-refractivity contribution < 1.29 is 9.53 Å². The van der Waals surface area contributed by atoms with Gasteiger partial charge in [0.25, 0.3) is 0 Å². The lowest BCUT2D eigenvalue weighted by Crippen LogP contribution is -2.49. The molecule has 2 aliphatic heterocycles. The highest BCUT2D eigenvalue weighted by Crippen LogP contribution is 2.16. The fourth-order valence-electron chi connectivity index (χ4n) is 2.00. The summed E-state index contributed by atoms with van der Waals surface area (Å²) in [5.74, 6) is 1.04. The average molecular weight is 198 g/mol. The minimum atomic E-state index is 0.119. The van der Waals surface area contributed by atoms with E-state index in [2.05, 4.69) is 5.32 Å². The Morgan fingerprint density at radius 1 is 1.57 bits per heavy atom. The fraction of sp³-hybridized carbons (Fsp3) is 0.900. The summed E-state index contributed by atoms with van der Waals surface area (Å²) in [6.45, 7) is 4.36. The molecule has 1 unspecified atom stereocenters. The smallest absolute Gasteiger partial charge is 0.227 e. The van der Waals surface area contributed by atoms with Crippen molar-refractivity contribution >= 4 is 5.91 Å². The van der Waals surface area contributed by atoms with Gasteiger partial charge in [0.05, 0.1) is 12.5 Å². The molecule has 2 saturated heterocycles. The molecule has 80 valence electrons. The molecule has 0 saturated carbocycles. The number of nitrogens with zero attached hydrogens (tertiary/aromatic N) is 1. The average Bonchev–Trinajstić information content (AvgIpc) is 2.62. The van der Waals surface area contributed by atoms with Gasteiger partial charge in [-0.2, -0.15) is 0 Å². The molecule has 14 heavy (non-hydrogen) atoms. The SMILES string of the molecule is CN(CC1CNC1)C(=O)C1CCOC1. The highest BCUT2D eigenvalue weighted by atomic mass is 16.5. The summed E-state index contributed by atoms with van der Waals surface area (Å²) in [5.41, 5.74) is 0. The normalized spacial score (nSPS) is 27.4. The zero-order chi connectivity index (χ0) is 9.97. The van der Waals surface area contributed by atoms with E-state index in [9.17, 15) is 4.79 Å². The van der Waals surface area contributed by atoms with Gasteiger partial charge in [0.1, 0.15) is 0 Å². The highest BCUT2D eigenvalue weighted by Gasteiger charge is 2.28. The third-order valence-electron chi connectivity index (χ3n) is 3.05. The number of nitrogens with one attached hydrogen (secondary N) is 1. The van der Waals surface area contributed by atoms with E-state index in [1.165, 1.54) is 0 Å². The van der Waals surface area contributed by atoms with Crippen molar-refractivity contribution in [3.63, 3.8) is 0 Å². The molecule has 0 spiro atoms. The first-order chi connectivity index (χ1) is 6.77. The molecule has 0 bridgehead atoms. The summed E-state index contributed by atoms with van der Waals surface area (Å²) < 4.78 is 5.21. The van der Waals surface area contributed by atoms with Crippen LogP contribution in [0.25, 0.3) is 0 Å². The highest BCUT2D eigenvalue weighted by molar-refractivity contribution is 5.78. The molecule has 0 aliphatic carbocycles. The maximum absolute atomic E-state index is 11.8. The molecule has 2 aliphatic rings. The lowest BCUT2D eigenvalue weighted by Gasteiger charge is -2.32. The van der Waals surface area contributed by atoms with Gasteiger partial charge in [-0.3, -0.25) is 4.79 Å². The van der Waals surface area contributed by atoms with Crippen LogP contribution < -0.4 is 5.32 Å². The first-order valence-corrected chi connectivity index (χ1v) is 5.31. The van der Waals surface area contributed by atoms with Gasteiger partial charge in [0.2, 0.25) is 5.91 Å². The van der Waals surface area contributed by atoms with Gasteiger partial charge in [-0.25, -0.2) is 0 Å². The Bertz CT molecular complexity index is 210. The number of amides is 1. The molecule has 0 aromatic rings. The number of rotatable bonds is 3. The maximum atomic E-state index is 11.8. The maximum Gasteiger partial charge on any atom is 0.227 e. The first-order valence-electron chi connectivity index (χ1n) is 5.31. The molecule has 0 radical (unpaired) electrons. The third-order valence-corrected chi connectivity index (χ3v) is 3.05. The van der Waals surface area contributed by atoms with Crippen LogP contribution in [-0.2, 0) is 9.53 Å². The molecule has 4 heteroatoms. The second kappa shape index (κ2) is 4.28. The van der Waals surface area contributed by atoms with E-state index < -0.39 is 0 Å². The minimum Gasteiger partial charge on any atom is -0.381 e. The Hall–Kier alpha value is -0.610. The van der Waals surface area contributed by atoms with Crippen LogP contribution in [0.1, 0.15) is 6.42 Å². The van der Waals surface area contributed by atoms with Crippen LogP contribution in [0.3, 0.4) is 0 Å². The quantitative estimate of drug-likeness (QED) is 0.677. The molecule has 2 rings (SSSR count). The standard InChI is InChI=1S/C10H18N2O2/c1-12(6-8-4-11-5-8)10(13)9-2-3-14-7-9/h8-9,11H,2-7H2,1H3. The van der Waals surface area contributed by atoms with Gasteiger partial charge >= 0.3 is 0 Å². The molecule has 1 atom stereocenters. The van der Waals surface area contributed by atoms with Gasteiger partial charge < -0.3 is 15.0 Å². The molecule has 2 heterocycles. The number of hydrogen-bond donors (Lipinski definition) is 1.